The van der Waals surface area contributed by atoms with Gasteiger partial charge in [0.1, 0.15) is 5.75 Å². The molecule has 0 aromatic heterocycles. The summed E-state index contributed by atoms with van der Waals surface area (Å²) < 4.78 is 5.21. The first-order chi connectivity index (χ1) is 10.4. The van der Waals surface area contributed by atoms with Gasteiger partial charge in [-0.1, -0.05) is 23.3 Å². The largest absolute Gasteiger partial charge is 0.495 e. The number of carboxylic acids is 1. The minimum absolute atomic E-state index is 0.274. The fourth-order valence-electron chi connectivity index (χ4n) is 2.80. The summed E-state index contributed by atoms with van der Waals surface area (Å²) in [5.74, 6) is -1.89. The second kappa shape index (κ2) is 6.64. The molecule has 1 aromatic rings. The second-order valence-corrected chi connectivity index (χ2v) is 5.71. The van der Waals surface area contributed by atoms with Crippen LogP contribution in [0.5, 0.6) is 5.75 Å². The Labute approximate surface area is 130 Å². The average Bonchev–Trinajstić information content (AvgIpc) is 2.49. The third-order valence-corrected chi connectivity index (χ3v) is 4.29. The molecular weight excluding hydrogens is 282 g/mol. The Kier molecular flexibility index (Phi) is 4.85. The fraction of sp³-hybridized carbons (Fsp3) is 0.412. The van der Waals surface area contributed by atoms with Crippen molar-refractivity contribution in [3.63, 3.8) is 0 Å². The van der Waals surface area contributed by atoms with Crippen molar-refractivity contribution in [3.8, 4) is 5.75 Å². The number of methoxy groups -OCH3 is 1. The maximum atomic E-state index is 12.6. The normalized spacial score (nSPS) is 21.4. The van der Waals surface area contributed by atoms with E-state index in [1.165, 1.54) is 7.11 Å². The van der Waals surface area contributed by atoms with E-state index < -0.39 is 17.8 Å². The summed E-state index contributed by atoms with van der Waals surface area (Å²) in [5, 5.41) is 12.2. The van der Waals surface area contributed by atoms with E-state index in [-0.39, 0.29) is 5.91 Å². The van der Waals surface area contributed by atoms with Gasteiger partial charge in [0.25, 0.3) is 0 Å². The highest BCUT2D eigenvalue weighted by molar-refractivity contribution is 5.96. The van der Waals surface area contributed by atoms with E-state index in [1.807, 2.05) is 19.9 Å². The van der Waals surface area contributed by atoms with Crippen molar-refractivity contribution >= 4 is 17.6 Å². The van der Waals surface area contributed by atoms with Gasteiger partial charge in [-0.05, 0) is 38.8 Å². The number of benzene rings is 1. The highest BCUT2D eigenvalue weighted by atomic mass is 16.5. The zero-order chi connectivity index (χ0) is 16.3. The van der Waals surface area contributed by atoms with Gasteiger partial charge in [-0.25, -0.2) is 0 Å². The first-order valence-corrected chi connectivity index (χ1v) is 7.26. The zero-order valence-electron chi connectivity index (χ0n) is 13.1. The van der Waals surface area contributed by atoms with Gasteiger partial charge >= 0.3 is 5.97 Å². The van der Waals surface area contributed by atoms with Gasteiger partial charge in [-0.15, -0.1) is 0 Å². The lowest BCUT2D eigenvalue weighted by Crippen LogP contribution is -2.36. The van der Waals surface area contributed by atoms with Crippen LogP contribution in [0.2, 0.25) is 0 Å². The monoisotopic (exact) mass is 303 g/mol. The van der Waals surface area contributed by atoms with Crippen molar-refractivity contribution in [2.75, 3.05) is 12.4 Å². The van der Waals surface area contributed by atoms with Crippen LogP contribution in [0.25, 0.3) is 0 Å². The first kappa shape index (κ1) is 16.1. The SMILES string of the molecule is COc1ccccc1NC(=O)[C@H]1CC(C)=C(C)C[C@@H]1C(=O)O. The van der Waals surface area contributed by atoms with Gasteiger partial charge in [-0.2, -0.15) is 0 Å². The number of para-hydroxylation sites is 2. The summed E-state index contributed by atoms with van der Waals surface area (Å²) in [6, 6.07) is 7.10. The summed E-state index contributed by atoms with van der Waals surface area (Å²) in [7, 11) is 1.53. The molecule has 0 saturated carbocycles. The zero-order valence-corrected chi connectivity index (χ0v) is 13.1. The van der Waals surface area contributed by atoms with Crippen molar-refractivity contribution in [2.24, 2.45) is 11.8 Å². The molecule has 1 aliphatic carbocycles. The maximum Gasteiger partial charge on any atom is 0.307 e. The molecule has 0 spiro atoms. The number of aliphatic carboxylic acids is 1. The summed E-state index contributed by atoms with van der Waals surface area (Å²) in [6.07, 6.45) is 0.898. The fourth-order valence-corrected chi connectivity index (χ4v) is 2.80. The molecule has 0 bridgehead atoms. The lowest BCUT2D eigenvalue weighted by Gasteiger charge is -2.29. The molecule has 2 rings (SSSR count). The minimum atomic E-state index is -0.924. The number of hydrogen-bond donors (Lipinski definition) is 2. The highest BCUT2D eigenvalue weighted by Crippen LogP contribution is 2.35. The number of anilines is 1. The number of ether oxygens (including phenoxy) is 1. The molecule has 0 unspecified atom stereocenters. The summed E-state index contributed by atoms with van der Waals surface area (Å²) in [4.78, 5) is 24.0. The first-order valence-electron chi connectivity index (χ1n) is 7.26. The minimum Gasteiger partial charge on any atom is -0.495 e. The van der Waals surface area contributed by atoms with Gasteiger partial charge in [-0.3, -0.25) is 9.59 Å². The van der Waals surface area contributed by atoms with Crippen molar-refractivity contribution < 1.29 is 19.4 Å². The third-order valence-electron chi connectivity index (χ3n) is 4.29. The van der Waals surface area contributed by atoms with Crippen molar-refractivity contribution in [1.82, 2.24) is 0 Å². The predicted molar refractivity (Wildman–Crippen MR) is 83.8 cm³/mol. The second-order valence-electron chi connectivity index (χ2n) is 5.71. The number of rotatable bonds is 4. The third kappa shape index (κ3) is 3.30. The van der Waals surface area contributed by atoms with Gasteiger partial charge < -0.3 is 15.2 Å². The smallest absolute Gasteiger partial charge is 0.307 e. The van der Waals surface area contributed by atoms with Crippen molar-refractivity contribution in [3.05, 3.63) is 35.4 Å². The van der Waals surface area contributed by atoms with Crippen LogP contribution in [-0.4, -0.2) is 24.1 Å². The van der Waals surface area contributed by atoms with E-state index >= 15 is 0 Å². The Morgan fingerprint density at radius 1 is 1.14 bits per heavy atom. The van der Waals surface area contributed by atoms with Crippen LogP contribution in [-0.2, 0) is 9.59 Å². The maximum absolute atomic E-state index is 12.6. The Hall–Kier alpha value is -2.30. The molecule has 5 heteroatoms. The Morgan fingerprint density at radius 2 is 1.73 bits per heavy atom. The molecule has 2 atom stereocenters. The van der Waals surface area contributed by atoms with Gasteiger partial charge in [0, 0.05) is 0 Å². The topological polar surface area (TPSA) is 75.6 Å². The van der Waals surface area contributed by atoms with E-state index in [9.17, 15) is 14.7 Å². The van der Waals surface area contributed by atoms with Crippen LogP contribution < -0.4 is 10.1 Å². The van der Waals surface area contributed by atoms with E-state index in [4.69, 9.17) is 4.74 Å². The number of amides is 1. The Balaban J connectivity index is 2.22. The summed E-state index contributed by atoms with van der Waals surface area (Å²) >= 11 is 0. The molecule has 5 nitrogen and oxygen atoms in total. The van der Waals surface area contributed by atoms with Crippen molar-refractivity contribution in [2.45, 2.75) is 26.7 Å². The molecule has 118 valence electrons. The van der Waals surface area contributed by atoms with Crippen LogP contribution in [0.4, 0.5) is 5.69 Å². The van der Waals surface area contributed by atoms with Crippen LogP contribution in [0.1, 0.15) is 26.7 Å². The van der Waals surface area contributed by atoms with Gasteiger partial charge in [0.05, 0.1) is 24.6 Å². The molecule has 22 heavy (non-hydrogen) atoms. The average molecular weight is 303 g/mol. The van der Waals surface area contributed by atoms with Crippen LogP contribution in [0.15, 0.2) is 35.4 Å². The Bertz CT molecular complexity index is 621. The molecule has 0 aliphatic heterocycles. The molecule has 1 amide bonds. The van der Waals surface area contributed by atoms with E-state index in [1.54, 1.807) is 18.2 Å². The number of carbonyl (C=O) groups excluding carboxylic acids is 1. The Morgan fingerprint density at radius 3 is 2.32 bits per heavy atom. The molecule has 0 radical (unpaired) electrons. The van der Waals surface area contributed by atoms with Crippen LogP contribution in [0.3, 0.4) is 0 Å². The summed E-state index contributed by atoms with van der Waals surface area (Å²) in [5.41, 5.74) is 2.72. The standard InChI is InChI=1S/C17H21NO4/c1-10-8-12(13(17(20)21)9-11(10)2)16(19)18-14-6-4-5-7-15(14)22-3/h4-7,12-13H,8-9H2,1-3H3,(H,18,19)(H,20,21)/t12-,13-/m0/s1. The molecule has 0 fully saturated rings. The van der Waals surface area contributed by atoms with Crippen molar-refractivity contribution in [1.29, 1.82) is 0 Å². The van der Waals surface area contributed by atoms with E-state index in [2.05, 4.69) is 5.32 Å². The van der Waals surface area contributed by atoms with Gasteiger partial charge in [0.2, 0.25) is 5.91 Å². The molecule has 0 saturated heterocycles. The number of carbonyl (C=O) groups is 2. The highest BCUT2D eigenvalue weighted by Gasteiger charge is 2.37. The van der Waals surface area contributed by atoms with E-state index in [0.29, 0.717) is 24.3 Å². The molecular formula is C17H21NO4. The molecule has 1 aromatic carbocycles. The molecule has 2 N–H and O–H groups in total. The van der Waals surface area contributed by atoms with Crippen LogP contribution >= 0.6 is 0 Å². The lowest BCUT2D eigenvalue weighted by molar-refractivity contribution is -0.146. The van der Waals surface area contributed by atoms with Crippen LogP contribution in [0, 0.1) is 11.8 Å². The van der Waals surface area contributed by atoms with Gasteiger partial charge in [0.15, 0.2) is 0 Å². The number of hydrogen-bond acceptors (Lipinski definition) is 3. The van der Waals surface area contributed by atoms with E-state index in [0.717, 1.165) is 11.1 Å². The quantitative estimate of drug-likeness (QED) is 0.838. The summed E-state index contributed by atoms with van der Waals surface area (Å²) in [6.45, 7) is 3.89. The lowest BCUT2D eigenvalue weighted by atomic mass is 9.76. The number of carboxylic acid groups (broad SMARTS) is 1. The molecule has 0 heterocycles. The number of nitrogens with one attached hydrogen (secondary N) is 1. The molecule has 1 aliphatic rings. The predicted octanol–water partition coefficient (Wildman–Crippen LogP) is 3.08. The number of allylic oxidation sites excluding steroid dienone is 2.